The molecule has 0 aromatic heterocycles. The Kier molecular flexibility index (Phi) is 6.90. The molecule has 66 valence electrons. The van der Waals surface area contributed by atoms with Crippen LogP contribution >= 0.6 is 0 Å². The van der Waals surface area contributed by atoms with Gasteiger partial charge in [0.15, 0.2) is 0 Å². The van der Waals surface area contributed by atoms with E-state index in [9.17, 15) is 4.79 Å². The molecular formula is C8H11NO3. The summed E-state index contributed by atoms with van der Waals surface area (Å²) in [7, 11) is 0. The van der Waals surface area contributed by atoms with E-state index in [1.54, 1.807) is 0 Å². The van der Waals surface area contributed by atoms with Crippen molar-refractivity contribution in [1.29, 1.82) is 5.26 Å². The molecule has 0 aliphatic carbocycles. The molecule has 1 rings (SSSR count). The molecule has 1 aliphatic rings. The molecule has 0 aromatic rings. The molecule has 1 fully saturated rings. The fourth-order valence-corrected chi connectivity index (χ4v) is 0.597. The largest absolute Gasteiger partial charge is 0.381 e. The first-order chi connectivity index (χ1) is 5.81. The lowest BCUT2D eigenvalue weighted by atomic mass is 10.4. The molecule has 0 N–H and O–H groups in total. The summed E-state index contributed by atoms with van der Waals surface area (Å²) in [4.78, 5) is 9.85. The molecule has 1 aliphatic heterocycles. The lowest BCUT2D eigenvalue weighted by molar-refractivity contribution is -0.131. The number of nitriles is 1. The number of nitrogens with zero attached hydrogens (tertiary/aromatic N) is 1. The highest BCUT2D eigenvalue weighted by Crippen LogP contribution is 1.98. The van der Waals surface area contributed by atoms with Gasteiger partial charge in [-0.25, -0.2) is 4.79 Å². The third-order valence-electron chi connectivity index (χ3n) is 1.14. The van der Waals surface area contributed by atoms with Crippen molar-refractivity contribution in [1.82, 2.24) is 0 Å². The predicted molar refractivity (Wildman–Crippen MR) is 42.0 cm³/mol. The Morgan fingerprint density at radius 2 is 2.17 bits per heavy atom. The Labute approximate surface area is 71.4 Å². The van der Waals surface area contributed by atoms with Crippen LogP contribution < -0.4 is 0 Å². The van der Waals surface area contributed by atoms with Gasteiger partial charge in [0.05, 0.1) is 0 Å². The maximum Gasteiger partial charge on any atom is 0.345 e. The Morgan fingerprint density at radius 3 is 2.33 bits per heavy atom. The van der Waals surface area contributed by atoms with Crippen molar-refractivity contribution >= 4 is 5.97 Å². The second kappa shape index (κ2) is 7.76. The van der Waals surface area contributed by atoms with Gasteiger partial charge < -0.3 is 9.47 Å². The zero-order valence-electron chi connectivity index (χ0n) is 6.78. The highest BCUT2D eigenvalue weighted by atomic mass is 16.5. The molecule has 0 aromatic carbocycles. The van der Waals surface area contributed by atoms with Gasteiger partial charge in [0, 0.05) is 19.3 Å². The quantitative estimate of drug-likeness (QED) is 0.333. The van der Waals surface area contributed by atoms with Crippen LogP contribution in [-0.2, 0) is 14.3 Å². The summed E-state index contributed by atoms with van der Waals surface area (Å²) in [5, 5.41) is 7.63. The van der Waals surface area contributed by atoms with Gasteiger partial charge in [0.25, 0.3) is 6.26 Å². The average Bonchev–Trinajstić information content (AvgIpc) is 2.62. The summed E-state index contributed by atoms with van der Waals surface area (Å²) in [5.41, 5.74) is 0. The molecule has 0 spiro atoms. The molecule has 0 bridgehead atoms. The zero-order chi connectivity index (χ0) is 9.23. The van der Waals surface area contributed by atoms with Crippen molar-refractivity contribution in [2.45, 2.75) is 12.8 Å². The first-order valence-electron chi connectivity index (χ1n) is 3.61. The van der Waals surface area contributed by atoms with Crippen LogP contribution in [0.5, 0.6) is 0 Å². The highest BCUT2D eigenvalue weighted by Gasteiger charge is 1.94. The zero-order valence-corrected chi connectivity index (χ0v) is 6.78. The van der Waals surface area contributed by atoms with Gasteiger partial charge in [0.1, 0.15) is 0 Å². The van der Waals surface area contributed by atoms with Crippen molar-refractivity contribution in [3.63, 3.8) is 0 Å². The van der Waals surface area contributed by atoms with Gasteiger partial charge in [-0.15, -0.1) is 5.26 Å². The van der Waals surface area contributed by atoms with E-state index in [0.717, 1.165) is 19.3 Å². The number of esters is 1. The van der Waals surface area contributed by atoms with Crippen molar-refractivity contribution in [2.24, 2.45) is 0 Å². The van der Waals surface area contributed by atoms with Crippen LogP contribution in [0, 0.1) is 11.5 Å². The van der Waals surface area contributed by atoms with Crippen LogP contribution in [0.1, 0.15) is 12.8 Å². The molecule has 0 saturated carbocycles. The normalized spacial score (nSPS) is 13.6. The Bertz CT molecular complexity index is 172. The maximum absolute atomic E-state index is 9.85. The second-order valence-electron chi connectivity index (χ2n) is 2.04. The van der Waals surface area contributed by atoms with Gasteiger partial charge in [-0.05, 0) is 12.8 Å². The van der Waals surface area contributed by atoms with E-state index < -0.39 is 5.97 Å². The summed E-state index contributed by atoms with van der Waals surface area (Å²) in [6.45, 7) is 5.05. The topological polar surface area (TPSA) is 59.3 Å². The van der Waals surface area contributed by atoms with Gasteiger partial charge in [-0.3, -0.25) is 0 Å². The summed E-state index contributed by atoms with van der Waals surface area (Å²) in [6.07, 6.45) is 4.67. The summed E-state index contributed by atoms with van der Waals surface area (Å²) in [6, 6.07) is 0. The van der Waals surface area contributed by atoms with Crippen molar-refractivity contribution < 1.29 is 14.3 Å². The van der Waals surface area contributed by atoms with Crippen molar-refractivity contribution in [3.8, 4) is 6.26 Å². The molecule has 1 saturated heterocycles. The highest BCUT2D eigenvalue weighted by molar-refractivity contribution is 5.81. The van der Waals surface area contributed by atoms with Gasteiger partial charge >= 0.3 is 5.97 Å². The van der Waals surface area contributed by atoms with Crippen LogP contribution in [0.2, 0.25) is 0 Å². The van der Waals surface area contributed by atoms with E-state index in [1.807, 2.05) is 0 Å². The summed E-state index contributed by atoms with van der Waals surface area (Å²) in [5.74, 6) is -0.720. The van der Waals surface area contributed by atoms with Crippen LogP contribution in [-0.4, -0.2) is 19.2 Å². The van der Waals surface area contributed by atoms with Gasteiger partial charge in [0.2, 0.25) is 0 Å². The smallest absolute Gasteiger partial charge is 0.345 e. The van der Waals surface area contributed by atoms with E-state index in [-0.39, 0.29) is 0 Å². The Hall–Kier alpha value is -1.34. The monoisotopic (exact) mass is 169 g/mol. The number of hydrogen-bond donors (Lipinski definition) is 0. The van der Waals surface area contributed by atoms with E-state index >= 15 is 0 Å². The molecule has 0 radical (unpaired) electrons. The Morgan fingerprint density at radius 1 is 1.58 bits per heavy atom. The Balaban J connectivity index is 0.000000211. The molecular weight excluding hydrogens is 158 g/mol. The SMILES string of the molecule is C1CCOC1.C=CC(=O)OC#N. The van der Waals surface area contributed by atoms with Crippen molar-refractivity contribution in [2.75, 3.05) is 13.2 Å². The number of rotatable bonds is 1. The fraction of sp³-hybridized carbons (Fsp3) is 0.500. The third-order valence-corrected chi connectivity index (χ3v) is 1.14. The van der Waals surface area contributed by atoms with Gasteiger partial charge in [-0.2, -0.15) is 0 Å². The lowest BCUT2D eigenvalue weighted by Crippen LogP contribution is -1.91. The van der Waals surface area contributed by atoms with Crippen LogP contribution in [0.4, 0.5) is 0 Å². The van der Waals surface area contributed by atoms with E-state index in [4.69, 9.17) is 10.00 Å². The first-order valence-corrected chi connectivity index (χ1v) is 3.61. The number of carbonyl (C=O) groups excluding carboxylic acids is 1. The van der Waals surface area contributed by atoms with Gasteiger partial charge in [-0.1, -0.05) is 6.58 Å². The molecule has 0 atom stereocenters. The second-order valence-corrected chi connectivity index (χ2v) is 2.04. The van der Waals surface area contributed by atoms with E-state index in [2.05, 4.69) is 11.3 Å². The number of ether oxygens (including phenoxy) is 2. The maximum atomic E-state index is 9.85. The lowest BCUT2D eigenvalue weighted by Gasteiger charge is -1.77. The van der Waals surface area contributed by atoms with E-state index in [0.29, 0.717) is 0 Å². The molecule has 4 heteroatoms. The first kappa shape index (κ1) is 10.7. The summed E-state index contributed by atoms with van der Waals surface area (Å²) >= 11 is 0. The molecule has 1 heterocycles. The summed E-state index contributed by atoms with van der Waals surface area (Å²) < 4.78 is 8.68. The molecule has 0 amide bonds. The number of hydrogen-bond acceptors (Lipinski definition) is 4. The average molecular weight is 169 g/mol. The standard InChI is InChI=1S/C4H3NO2.C4H8O/c1-2-4(6)7-3-5;1-2-4-5-3-1/h2H,1H2;1-4H2. The van der Waals surface area contributed by atoms with E-state index in [1.165, 1.54) is 19.1 Å². The minimum atomic E-state index is -0.720. The minimum absolute atomic E-state index is 0.720. The minimum Gasteiger partial charge on any atom is -0.381 e. The van der Waals surface area contributed by atoms with Crippen LogP contribution in [0.3, 0.4) is 0 Å². The molecule has 12 heavy (non-hydrogen) atoms. The fourth-order valence-electron chi connectivity index (χ4n) is 0.597. The van der Waals surface area contributed by atoms with Crippen LogP contribution in [0.25, 0.3) is 0 Å². The molecule has 0 unspecified atom stereocenters. The number of carbonyl (C=O) groups is 1. The van der Waals surface area contributed by atoms with Crippen LogP contribution in [0.15, 0.2) is 12.7 Å². The van der Waals surface area contributed by atoms with Crippen molar-refractivity contribution in [3.05, 3.63) is 12.7 Å². The molecule has 4 nitrogen and oxygen atoms in total. The third kappa shape index (κ3) is 6.78. The predicted octanol–water partition coefficient (Wildman–Crippen LogP) is 0.993.